The molecule has 1 aromatic carbocycles. The molecule has 0 bridgehead atoms. The monoisotopic (exact) mass is 260 g/mol. The fourth-order valence-corrected chi connectivity index (χ4v) is 2.20. The summed E-state index contributed by atoms with van der Waals surface area (Å²) in [6.45, 7) is 1.24. The Morgan fingerprint density at radius 2 is 2.05 bits per heavy atom. The van der Waals surface area contributed by atoms with Gasteiger partial charge in [0.15, 0.2) is 5.78 Å². The molecule has 0 saturated heterocycles. The summed E-state index contributed by atoms with van der Waals surface area (Å²) in [5, 5.41) is 9.49. The summed E-state index contributed by atoms with van der Waals surface area (Å²) < 4.78 is 5.57. The molecule has 0 spiro atoms. The van der Waals surface area contributed by atoms with Crippen LogP contribution in [0, 0.1) is 0 Å². The summed E-state index contributed by atoms with van der Waals surface area (Å²) in [5.41, 5.74) is 1.92. The van der Waals surface area contributed by atoms with Crippen molar-refractivity contribution in [3.63, 3.8) is 0 Å². The number of benzene rings is 1. The number of aliphatic hydroxyl groups is 1. The normalized spacial score (nSPS) is 19.3. The van der Waals surface area contributed by atoms with Crippen molar-refractivity contribution in [1.29, 1.82) is 0 Å². The maximum Gasteiger partial charge on any atom is 0.158 e. The lowest BCUT2D eigenvalue weighted by atomic mass is 9.93. The number of carbonyl (C=O) groups excluding carboxylic acids is 1. The third-order valence-corrected chi connectivity index (χ3v) is 3.27. The first kappa shape index (κ1) is 14.0. The van der Waals surface area contributed by atoms with Gasteiger partial charge in [-0.3, -0.25) is 4.79 Å². The number of hydrogen-bond acceptors (Lipinski definition) is 3. The number of carbonyl (C=O) groups is 1. The second kappa shape index (κ2) is 7.22. The Balaban J connectivity index is 1.65. The third-order valence-electron chi connectivity index (χ3n) is 3.27. The topological polar surface area (TPSA) is 46.5 Å². The predicted octanol–water partition coefficient (Wildman–Crippen LogP) is 2.63. The SMILES string of the molecule is O=C1CC[C@@H](O)C=C1CCCOCc1ccccc1. The zero-order valence-electron chi connectivity index (χ0n) is 11.0. The van der Waals surface area contributed by atoms with Gasteiger partial charge in [0.05, 0.1) is 12.7 Å². The molecule has 1 atom stereocenters. The Morgan fingerprint density at radius 1 is 1.26 bits per heavy atom. The molecule has 0 saturated carbocycles. The second-order valence-electron chi connectivity index (χ2n) is 4.86. The first-order chi connectivity index (χ1) is 9.25. The van der Waals surface area contributed by atoms with Gasteiger partial charge in [-0.2, -0.15) is 0 Å². The quantitative estimate of drug-likeness (QED) is 0.800. The number of aliphatic hydroxyl groups excluding tert-OH is 1. The van der Waals surface area contributed by atoms with Crippen molar-refractivity contribution >= 4 is 5.78 Å². The van der Waals surface area contributed by atoms with Crippen LogP contribution >= 0.6 is 0 Å². The molecule has 2 rings (SSSR count). The van der Waals surface area contributed by atoms with Crippen LogP contribution in [0.3, 0.4) is 0 Å². The molecule has 1 aromatic rings. The average Bonchev–Trinajstić information content (AvgIpc) is 2.43. The molecule has 1 aliphatic carbocycles. The van der Waals surface area contributed by atoms with Gasteiger partial charge in [0.25, 0.3) is 0 Å². The number of hydrogen-bond donors (Lipinski definition) is 1. The van der Waals surface area contributed by atoms with E-state index in [1.165, 1.54) is 0 Å². The van der Waals surface area contributed by atoms with E-state index in [9.17, 15) is 9.90 Å². The maximum atomic E-state index is 11.6. The molecule has 0 amide bonds. The molecular formula is C16H20O3. The van der Waals surface area contributed by atoms with E-state index in [0.717, 1.165) is 17.6 Å². The lowest BCUT2D eigenvalue weighted by Gasteiger charge is -2.15. The Labute approximate surface area is 113 Å². The van der Waals surface area contributed by atoms with Gasteiger partial charge in [0.1, 0.15) is 0 Å². The van der Waals surface area contributed by atoms with Gasteiger partial charge in [0, 0.05) is 13.0 Å². The van der Waals surface area contributed by atoms with Gasteiger partial charge in [-0.1, -0.05) is 30.3 Å². The maximum absolute atomic E-state index is 11.6. The fraction of sp³-hybridized carbons (Fsp3) is 0.438. The van der Waals surface area contributed by atoms with Gasteiger partial charge in [0.2, 0.25) is 0 Å². The van der Waals surface area contributed by atoms with Crippen LogP contribution in [0.2, 0.25) is 0 Å². The Kier molecular flexibility index (Phi) is 5.31. The van der Waals surface area contributed by atoms with Gasteiger partial charge >= 0.3 is 0 Å². The highest BCUT2D eigenvalue weighted by atomic mass is 16.5. The zero-order valence-corrected chi connectivity index (χ0v) is 11.0. The van der Waals surface area contributed by atoms with E-state index in [-0.39, 0.29) is 5.78 Å². The summed E-state index contributed by atoms with van der Waals surface area (Å²) in [5.74, 6) is 0.174. The average molecular weight is 260 g/mol. The van der Waals surface area contributed by atoms with Crippen molar-refractivity contribution in [2.45, 2.75) is 38.4 Å². The van der Waals surface area contributed by atoms with Gasteiger partial charge in [-0.05, 0) is 36.5 Å². The summed E-state index contributed by atoms with van der Waals surface area (Å²) in [6.07, 6.45) is 3.80. The van der Waals surface area contributed by atoms with Crippen molar-refractivity contribution in [1.82, 2.24) is 0 Å². The Morgan fingerprint density at radius 3 is 2.84 bits per heavy atom. The Hall–Kier alpha value is -1.45. The van der Waals surface area contributed by atoms with Crippen molar-refractivity contribution in [3.8, 4) is 0 Å². The summed E-state index contributed by atoms with van der Waals surface area (Å²) in [7, 11) is 0. The number of rotatable bonds is 6. The molecule has 0 heterocycles. The van der Waals surface area contributed by atoms with Crippen molar-refractivity contribution in [2.24, 2.45) is 0 Å². The molecular weight excluding hydrogens is 240 g/mol. The molecule has 0 unspecified atom stereocenters. The predicted molar refractivity (Wildman–Crippen MR) is 73.7 cm³/mol. The van der Waals surface area contributed by atoms with E-state index in [0.29, 0.717) is 32.5 Å². The van der Waals surface area contributed by atoms with Crippen LogP contribution < -0.4 is 0 Å². The number of ketones is 1. The van der Waals surface area contributed by atoms with Gasteiger partial charge < -0.3 is 9.84 Å². The summed E-state index contributed by atoms with van der Waals surface area (Å²) in [4.78, 5) is 11.6. The number of Topliss-reactive ketones (excluding diaryl/α,β-unsaturated/α-hetero) is 1. The molecule has 102 valence electrons. The standard InChI is InChI=1S/C16H20O3/c17-15-8-9-16(18)14(11-15)7-4-10-19-12-13-5-2-1-3-6-13/h1-3,5-6,11,15,17H,4,7-10,12H2/t15-/m1/s1. The van der Waals surface area contributed by atoms with Crippen LogP contribution in [0.4, 0.5) is 0 Å². The minimum Gasteiger partial charge on any atom is -0.389 e. The van der Waals surface area contributed by atoms with Crippen molar-refractivity contribution in [2.75, 3.05) is 6.61 Å². The lowest BCUT2D eigenvalue weighted by Crippen LogP contribution is -2.17. The fourth-order valence-electron chi connectivity index (χ4n) is 2.20. The highest BCUT2D eigenvalue weighted by molar-refractivity contribution is 5.96. The summed E-state index contributed by atoms with van der Waals surface area (Å²) >= 11 is 0. The zero-order chi connectivity index (χ0) is 13.5. The second-order valence-corrected chi connectivity index (χ2v) is 4.86. The smallest absolute Gasteiger partial charge is 0.158 e. The highest BCUT2D eigenvalue weighted by Crippen LogP contribution is 2.18. The molecule has 19 heavy (non-hydrogen) atoms. The van der Waals surface area contributed by atoms with E-state index in [1.54, 1.807) is 6.08 Å². The first-order valence-electron chi connectivity index (χ1n) is 6.79. The van der Waals surface area contributed by atoms with E-state index >= 15 is 0 Å². The van der Waals surface area contributed by atoms with Gasteiger partial charge in [-0.25, -0.2) is 0 Å². The largest absolute Gasteiger partial charge is 0.389 e. The van der Waals surface area contributed by atoms with Crippen LogP contribution in [0.1, 0.15) is 31.2 Å². The van der Waals surface area contributed by atoms with Crippen molar-refractivity contribution < 1.29 is 14.6 Å². The molecule has 1 aliphatic rings. The first-order valence-corrected chi connectivity index (χ1v) is 6.79. The molecule has 3 heteroatoms. The number of allylic oxidation sites excluding steroid dienone is 1. The minimum atomic E-state index is -0.446. The third kappa shape index (κ3) is 4.62. The lowest BCUT2D eigenvalue weighted by molar-refractivity contribution is -0.116. The van der Waals surface area contributed by atoms with Crippen LogP contribution in [-0.2, 0) is 16.1 Å². The molecule has 1 N–H and O–H groups in total. The number of ether oxygens (including phenoxy) is 1. The molecule has 0 aromatic heterocycles. The minimum absolute atomic E-state index is 0.174. The molecule has 0 aliphatic heterocycles. The van der Waals surface area contributed by atoms with Crippen molar-refractivity contribution in [3.05, 3.63) is 47.5 Å². The van der Waals surface area contributed by atoms with E-state index in [4.69, 9.17) is 4.74 Å². The van der Waals surface area contributed by atoms with E-state index in [1.807, 2.05) is 30.3 Å². The highest BCUT2D eigenvalue weighted by Gasteiger charge is 2.17. The van der Waals surface area contributed by atoms with E-state index in [2.05, 4.69) is 0 Å². The van der Waals surface area contributed by atoms with Gasteiger partial charge in [-0.15, -0.1) is 0 Å². The molecule has 0 fully saturated rings. The van der Waals surface area contributed by atoms with Crippen LogP contribution in [-0.4, -0.2) is 23.6 Å². The van der Waals surface area contributed by atoms with Crippen LogP contribution in [0.25, 0.3) is 0 Å². The molecule has 0 radical (unpaired) electrons. The Bertz CT molecular complexity index is 437. The van der Waals surface area contributed by atoms with Crippen LogP contribution in [0.15, 0.2) is 42.0 Å². The molecule has 3 nitrogen and oxygen atoms in total. The van der Waals surface area contributed by atoms with Crippen LogP contribution in [0.5, 0.6) is 0 Å². The van der Waals surface area contributed by atoms with E-state index < -0.39 is 6.10 Å². The summed E-state index contributed by atoms with van der Waals surface area (Å²) in [6, 6.07) is 10.0.